The van der Waals surface area contributed by atoms with Gasteiger partial charge in [0.05, 0.1) is 13.7 Å². The second-order valence-electron chi connectivity index (χ2n) is 4.34. The van der Waals surface area contributed by atoms with Crippen LogP contribution in [0.3, 0.4) is 0 Å². The molecule has 0 saturated heterocycles. The van der Waals surface area contributed by atoms with Crippen LogP contribution >= 0.6 is 0 Å². The SMILES string of the molecule is COc1cccc(OCCCCNC(C)C)c1. The molecule has 1 N–H and O–H groups in total. The van der Waals surface area contributed by atoms with E-state index in [1.807, 2.05) is 24.3 Å². The van der Waals surface area contributed by atoms with Gasteiger partial charge < -0.3 is 14.8 Å². The van der Waals surface area contributed by atoms with Crippen LogP contribution in [0, 0.1) is 0 Å². The molecule has 0 aliphatic heterocycles. The third-order valence-corrected chi connectivity index (χ3v) is 2.43. The first-order valence-electron chi connectivity index (χ1n) is 6.22. The molecule has 0 unspecified atom stereocenters. The summed E-state index contributed by atoms with van der Waals surface area (Å²) in [6.07, 6.45) is 2.21. The zero-order valence-electron chi connectivity index (χ0n) is 11.0. The quantitative estimate of drug-likeness (QED) is 0.705. The second-order valence-corrected chi connectivity index (χ2v) is 4.34. The maximum Gasteiger partial charge on any atom is 0.122 e. The minimum absolute atomic E-state index is 0.564. The van der Waals surface area contributed by atoms with E-state index in [0.717, 1.165) is 37.5 Å². The van der Waals surface area contributed by atoms with E-state index >= 15 is 0 Å². The van der Waals surface area contributed by atoms with Gasteiger partial charge in [-0.05, 0) is 31.5 Å². The molecule has 0 saturated carbocycles. The summed E-state index contributed by atoms with van der Waals surface area (Å²) < 4.78 is 10.8. The average molecular weight is 237 g/mol. The highest BCUT2D eigenvalue weighted by atomic mass is 16.5. The zero-order valence-corrected chi connectivity index (χ0v) is 11.0. The highest BCUT2D eigenvalue weighted by molar-refractivity contribution is 5.32. The molecule has 17 heavy (non-hydrogen) atoms. The first kappa shape index (κ1) is 13.8. The van der Waals surface area contributed by atoms with Crippen LogP contribution in [0.1, 0.15) is 26.7 Å². The highest BCUT2D eigenvalue weighted by Gasteiger charge is 1.97. The lowest BCUT2D eigenvalue weighted by atomic mass is 10.3. The van der Waals surface area contributed by atoms with Gasteiger partial charge in [0.15, 0.2) is 0 Å². The molecule has 0 atom stereocenters. The number of benzene rings is 1. The molecule has 0 aromatic heterocycles. The van der Waals surface area contributed by atoms with Crippen LogP contribution < -0.4 is 14.8 Å². The van der Waals surface area contributed by atoms with E-state index < -0.39 is 0 Å². The summed E-state index contributed by atoms with van der Waals surface area (Å²) in [5, 5.41) is 3.39. The van der Waals surface area contributed by atoms with E-state index in [-0.39, 0.29) is 0 Å². The zero-order chi connectivity index (χ0) is 12.5. The molecule has 0 aliphatic rings. The number of hydrogen-bond acceptors (Lipinski definition) is 3. The third kappa shape index (κ3) is 6.17. The third-order valence-electron chi connectivity index (χ3n) is 2.43. The smallest absolute Gasteiger partial charge is 0.122 e. The lowest BCUT2D eigenvalue weighted by Crippen LogP contribution is -2.23. The number of methoxy groups -OCH3 is 1. The lowest BCUT2D eigenvalue weighted by Gasteiger charge is -2.09. The topological polar surface area (TPSA) is 30.5 Å². The summed E-state index contributed by atoms with van der Waals surface area (Å²) in [6.45, 7) is 6.13. The molecular weight excluding hydrogens is 214 g/mol. The first-order valence-corrected chi connectivity index (χ1v) is 6.22. The largest absolute Gasteiger partial charge is 0.497 e. The Labute approximate surface area is 104 Å². The summed E-state index contributed by atoms with van der Waals surface area (Å²) in [4.78, 5) is 0. The van der Waals surface area contributed by atoms with Gasteiger partial charge in [0.1, 0.15) is 11.5 Å². The molecular formula is C14H23NO2. The van der Waals surface area contributed by atoms with Gasteiger partial charge in [-0.15, -0.1) is 0 Å². The van der Waals surface area contributed by atoms with E-state index in [1.165, 1.54) is 0 Å². The van der Waals surface area contributed by atoms with Crippen LogP contribution in [0.5, 0.6) is 11.5 Å². The van der Waals surface area contributed by atoms with Crippen molar-refractivity contribution < 1.29 is 9.47 Å². The predicted molar refractivity (Wildman–Crippen MR) is 70.9 cm³/mol. The van der Waals surface area contributed by atoms with E-state index in [2.05, 4.69) is 19.2 Å². The van der Waals surface area contributed by atoms with Crippen LogP contribution in [-0.2, 0) is 0 Å². The summed E-state index contributed by atoms with van der Waals surface area (Å²) in [6, 6.07) is 8.28. The van der Waals surface area contributed by atoms with Crippen LogP contribution in [0.2, 0.25) is 0 Å². The maximum atomic E-state index is 5.65. The fraction of sp³-hybridized carbons (Fsp3) is 0.571. The summed E-state index contributed by atoms with van der Waals surface area (Å²) in [7, 11) is 1.66. The Morgan fingerprint density at radius 2 is 1.94 bits per heavy atom. The average Bonchev–Trinajstić information content (AvgIpc) is 2.33. The van der Waals surface area contributed by atoms with Crippen molar-refractivity contribution in [3.05, 3.63) is 24.3 Å². The van der Waals surface area contributed by atoms with Crippen LogP contribution in [0.4, 0.5) is 0 Å². The Hall–Kier alpha value is -1.22. The second kappa shape index (κ2) is 7.96. The molecule has 3 heteroatoms. The normalized spacial score (nSPS) is 10.6. The van der Waals surface area contributed by atoms with Crippen molar-refractivity contribution in [1.82, 2.24) is 5.32 Å². The van der Waals surface area contributed by atoms with Crippen LogP contribution in [-0.4, -0.2) is 26.3 Å². The number of rotatable bonds is 8. The van der Waals surface area contributed by atoms with Crippen molar-refractivity contribution in [2.24, 2.45) is 0 Å². The van der Waals surface area contributed by atoms with Crippen LogP contribution in [0.25, 0.3) is 0 Å². The van der Waals surface area contributed by atoms with Gasteiger partial charge in [0, 0.05) is 12.1 Å². The lowest BCUT2D eigenvalue weighted by molar-refractivity contribution is 0.302. The van der Waals surface area contributed by atoms with Crippen molar-refractivity contribution in [3.63, 3.8) is 0 Å². The highest BCUT2D eigenvalue weighted by Crippen LogP contribution is 2.18. The molecule has 1 aromatic rings. The van der Waals surface area contributed by atoms with Gasteiger partial charge in [-0.3, -0.25) is 0 Å². The number of nitrogens with one attached hydrogen (secondary N) is 1. The van der Waals surface area contributed by atoms with E-state index in [4.69, 9.17) is 9.47 Å². The summed E-state index contributed by atoms with van der Waals surface area (Å²) >= 11 is 0. The Morgan fingerprint density at radius 3 is 2.65 bits per heavy atom. The molecule has 96 valence electrons. The Kier molecular flexibility index (Phi) is 6.48. The van der Waals surface area contributed by atoms with E-state index in [9.17, 15) is 0 Å². The van der Waals surface area contributed by atoms with Crippen molar-refractivity contribution in [2.45, 2.75) is 32.7 Å². The minimum Gasteiger partial charge on any atom is -0.497 e. The van der Waals surface area contributed by atoms with Crippen molar-refractivity contribution >= 4 is 0 Å². The molecule has 1 rings (SSSR count). The van der Waals surface area contributed by atoms with Crippen molar-refractivity contribution in [3.8, 4) is 11.5 Å². The van der Waals surface area contributed by atoms with Gasteiger partial charge in [-0.2, -0.15) is 0 Å². The Bertz CT molecular complexity index is 313. The van der Waals surface area contributed by atoms with Gasteiger partial charge in [-0.1, -0.05) is 19.9 Å². The van der Waals surface area contributed by atoms with Crippen molar-refractivity contribution in [2.75, 3.05) is 20.3 Å². The minimum atomic E-state index is 0.564. The molecule has 0 bridgehead atoms. The molecule has 0 amide bonds. The molecule has 0 heterocycles. The van der Waals surface area contributed by atoms with Gasteiger partial charge in [-0.25, -0.2) is 0 Å². The fourth-order valence-corrected chi connectivity index (χ4v) is 1.50. The Morgan fingerprint density at radius 1 is 1.18 bits per heavy atom. The van der Waals surface area contributed by atoms with Gasteiger partial charge >= 0.3 is 0 Å². The van der Waals surface area contributed by atoms with Gasteiger partial charge in [0.25, 0.3) is 0 Å². The maximum absolute atomic E-state index is 5.65. The molecule has 0 aliphatic carbocycles. The molecule has 3 nitrogen and oxygen atoms in total. The molecule has 1 aromatic carbocycles. The summed E-state index contributed by atoms with van der Waals surface area (Å²) in [5.41, 5.74) is 0. The monoisotopic (exact) mass is 237 g/mol. The Balaban J connectivity index is 2.13. The number of ether oxygens (including phenoxy) is 2. The predicted octanol–water partition coefficient (Wildman–Crippen LogP) is 2.85. The van der Waals surface area contributed by atoms with E-state index in [0.29, 0.717) is 6.04 Å². The molecule has 0 fully saturated rings. The van der Waals surface area contributed by atoms with Crippen LogP contribution in [0.15, 0.2) is 24.3 Å². The number of unbranched alkanes of at least 4 members (excludes halogenated alkanes) is 1. The molecule has 0 radical (unpaired) electrons. The first-order chi connectivity index (χ1) is 8.22. The number of hydrogen-bond donors (Lipinski definition) is 1. The molecule has 0 spiro atoms. The van der Waals surface area contributed by atoms with Gasteiger partial charge in [0.2, 0.25) is 0 Å². The standard InChI is InChI=1S/C14H23NO2/c1-12(2)15-9-4-5-10-17-14-8-6-7-13(11-14)16-3/h6-8,11-12,15H,4-5,9-10H2,1-3H3. The van der Waals surface area contributed by atoms with Crippen molar-refractivity contribution in [1.29, 1.82) is 0 Å². The fourth-order valence-electron chi connectivity index (χ4n) is 1.50. The summed E-state index contributed by atoms with van der Waals surface area (Å²) in [5.74, 6) is 1.71. The van der Waals surface area contributed by atoms with E-state index in [1.54, 1.807) is 7.11 Å².